The van der Waals surface area contributed by atoms with Gasteiger partial charge in [-0.3, -0.25) is 19.3 Å². The van der Waals surface area contributed by atoms with E-state index in [1.54, 1.807) is 24.3 Å². The summed E-state index contributed by atoms with van der Waals surface area (Å²) in [6.45, 7) is -0.343. The van der Waals surface area contributed by atoms with Crippen LogP contribution in [0.2, 0.25) is 0 Å². The molecule has 8 heteroatoms. The maximum absolute atomic E-state index is 12.4. The van der Waals surface area contributed by atoms with Gasteiger partial charge in [-0.2, -0.15) is 0 Å². The topological polar surface area (TPSA) is 94.9 Å². The van der Waals surface area contributed by atoms with E-state index in [9.17, 15) is 24.6 Å². The van der Waals surface area contributed by atoms with Crippen molar-refractivity contribution in [1.82, 2.24) is 4.90 Å². The highest BCUT2D eigenvalue weighted by Gasteiger charge is 2.36. The van der Waals surface area contributed by atoms with Gasteiger partial charge in [0.1, 0.15) is 0 Å². The molecule has 1 fully saturated rings. The molecule has 0 atom stereocenters. The first-order valence-corrected chi connectivity index (χ1v) is 9.02. The van der Waals surface area contributed by atoms with E-state index in [1.165, 1.54) is 24.3 Å². The maximum atomic E-state index is 12.4. The fourth-order valence-electron chi connectivity index (χ4n) is 2.29. The molecule has 26 heavy (non-hydrogen) atoms. The largest absolute Gasteiger partial charge is 0.504 e. The zero-order valence-corrected chi connectivity index (χ0v) is 15.6. The lowest BCUT2D eigenvalue weighted by Crippen LogP contribution is -2.33. The van der Waals surface area contributed by atoms with Crippen molar-refractivity contribution in [3.05, 3.63) is 63.0 Å². The van der Waals surface area contributed by atoms with Gasteiger partial charge in [0.25, 0.3) is 11.1 Å². The minimum Gasteiger partial charge on any atom is -0.504 e. The second-order valence-corrected chi connectivity index (χ2v) is 7.35. The molecule has 3 rings (SSSR count). The minimum atomic E-state index is -0.571. The average molecular weight is 434 g/mol. The fraction of sp³-hybridized carbons (Fsp3) is 0.0556. The summed E-state index contributed by atoms with van der Waals surface area (Å²) in [6, 6.07) is 10.7. The number of Topliss-reactive ketones (excluding diaryl/α,β-unsaturated/α-hetero) is 1. The molecule has 0 spiro atoms. The first kappa shape index (κ1) is 18.2. The fourth-order valence-corrected chi connectivity index (χ4v) is 3.39. The standard InChI is InChI=1S/C18H12BrNO5S/c19-12-4-2-11(3-5-12)15(23)9-20-17(24)16(26-18(20)25)8-10-1-6-13(21)14(22)7-10/h1-8,21-22H,9H2/b16-8+. The number of phenolic OH excluding ortho intramolecular Hbond substituents is 2. The summed E-state index contributed by atoms with van der Waals surface area (Å²) in [7, 11) is 0. The molecule has 0 bridgehead atoms. The summed E-state index contributed by atoms with van der Waals surface area (Å²) in [5.41, 5.74) is 0.852. The Hall–Kier alpha value is -2.58. The van der Waals surface area contributed by atoms with Gasteiger partial charge in [-0.15, -0.1) is 0 Å². The molecule has 0 radical (unpaired) electrons. The van der Waals surface area contributed by atoms with Gasteiger partial charge in [0.2, 0.25) is 0 Å². The monoisotopic (exact) mass is 433 g/mol. The van der Waals surface area contributed by atoms with E-state index in [0.29, 0.717) is 11.1 Å². The van der Waals surface area contributed by atoms with Crippen LogP contribution in [0.5, 0.6) is 11.5 Å². The van der Waals surface area contributed by atoms with Gasteiger partial charge in [0.05, 0.1) is 11.4 Å². The number of ketones is 1. The van der Waals surface area contributed by atoms with E-state index in [0.717, 1.165) is 21.1 Å². The summed E-state index contributed by atoms with van der Waals surface area (Å²) in [4.78, 5) is 37.9. The molecule has 0 saturated carbocycles. The van der Waals surface area contributed by atoms with Crippen LogP contribution in [0.15, 0.2) is 51.8 Å². The molecule has 0 unspecified atom stereocenters. The van der Waals surface area contributed by atoms with Crippen LogP contribution < -0.4 is 0 Å². The van der Waals surface area contributed by atoms with E-state index < -0.39 is 11.1 Å². The lowest BCUT2D eigenvalue weighted by molar-refractivity contribution is -0.122. The molecule has 1 aliphatic heterocycles. The zero-order chi connectivity index (χ0) is 18.8. The highest BCUT2D eigenvalue weighted by molar-refractivity contribution is 9.10. The van der Waals surface area contributed by atoms with Crippen LogP contribution in [0.3, 0.4) is 0 Å². The molecule has 1 heterocycles. The molecule has 2 N–H and O–H groups in total. The number of benzene rings is 2. The first-order chi connectivity index (χ1) is 12.3. The van der Waals surface area contributed by atoms with Crippen LogP contribution >= 0.6 is 27.7 Å². The normalized spacial score (nSPS) is 15.7. The predicted molar refractivity (Wildman–Crippen MR) is 101 cm³/mol. The number of carbonyl (C=O) groups excluding carboxylic acids is 3. The number of nitrogens with zero attached hydrogens (tertiary/aromatic N) is 1. The number of rotatable bonds is 4. The quantitative estimate of drug-likeness (QED) is 0.432. The lowest BCUT2D eigenvalue weighted by Gasteiger charge is -2.11. The Labute approximate surface area is 161 Å². The minimum absolute atomic E-state index is 0.142. The van der Waals surface area contributed by atoms with Gasteiger partial charge >= 0.3 is 0 Å². The van der Waals surface area contributed by atoms with Crippen molar-refractivity contribution in [2.75, 3.05) is 6.54 Å². The number of carbonyl (C=O) groups is 3. The highest BCUT2D eigenvalue weighted by atomic mass is 79.9. The number of phenols is 2. The summed E-state index contributed by atoms with van der Waals surface area (Å²) in [5, 5.41) is 18.3. The summed E-state index contributed by atoms with van der Waals surface area (Å²) in [6.07, 6.45) is 1.42. The number of hydrogen-bond donors (Lipinski definition) is 2. The third kappa shape index (κ3) is 3.81. The van der Waals surface area contributed by atoms with Gasteiger partial charge in [-0.05, 0) is 47.7 Å². The molecule has 2 amide bonds. The summed E-state index contributed by atoms with van der Waals surface area (Å²) >= 11 is 4.00. The molecule has 132 valence electrons. The van der Waals surface area contributed by atoms with E-state index >= 15 is 0 Å². The van der Waals surface area contributed by atoms with Crippen molar-refractivity contribution in [3.8, 4) is 11.5 Å². The Bertz CT molecular complexity index is 939. The van der Waals surface area contributed by atoms with E-state index in [1.807, 2.05) is 0 Å². The molecule has 6 nitrogen and oxygen atoms in total. The molecule has 1 aliphatic rings. The Morgan fingerprint density at radius 3 is 2.42 bits per heavy atom. The Morgan fingerprint density at radius 2 is 1.77 bits per heavy atom. The molecule has 0 aliphatic carbocycles. The Morgan fingerprint density at radius 1 is 1.08 bits per heavy atom. The average Bonchev–Trinajstić information content (AvgIpc) is 2.86. The maximum Gasteiger partial charge on any atom is 0.293 e. The third-order valence-electron chi connectivity index (χ3n) is 3.64. The van der Waals surface area contributed by atoms with Crippen LogP contribution in [0, 0.1) is 0 Å². The van der Waals surface area contributed by atoms with Crippen molar-refractivity contribution in [2.24, 2.45) is 0 Å². The van der Waals surface area contributed by atoms with Gasteiger partial charge in [0, 0.05) is 10.0 Å². The second kappa shape index (κ2) is 7.35. The van der Waals surface area contributed by atoms with Gasteiger partial charge < -0.3 is 10.2 Å². The van der Waals surface area contributed by atoms with Crippen molar-refractivity contribution in [1.29, 1.82) is 0 Å². The molecule has 2 aromatic rings. The van der Waals surface area contributed by atoms with Gasteiger partial charge in [-0.1, -0.05) is 34.1 Å². The Balaban J connectivity index is 1.78. The second-order valence-electron chi connectivity index (χ2n) is 5.45. The number of thioether (sulfide) groups is 1. The van der Waals surface area contributed by atoms with Crippen LogP contribution in [-0.2, 0) is 4.79 Å². The first-order valence-electron chi connectivity index (χ1n) is 7.41. The van der Waals surface area contributed by atoms with E-state index in [2.05, 4.69) is 15.9 Å². The van der Waals surface area contributed by atoms with Crippen LogP contribution in [0.1, 0.15) is 15.9 Å². The number of aromatic hydroxyl groups is 2. The van der Waals surface area contributed by atoms with Crippen LogP contribution in [0.4, 0.5) is 4.79 Å². The molecular formula is C18H12BrNO5S. The third-order valence-corrected chi connectivity index (χ3v) is 5.07. The van der Waals surface area contributed by atoms with Crippen molar-refractivity contribution in [2.45, 2.75) is 0 Å². The van der Waals surface area contributed by atoms with Crippen molar-refractivity contribution < 1.29 is 24.6 Å². The SMILES string of the molecule is O=C(CN1C(=O)S/C(=C/c2ccc(O)c(O)c2)C1=O)c1ccc(Br)cc1. The Kier molecular flexibility index (Phi) is 5.15. The molecule has 0 aromatic heterocycles. The molecular weight excluding hydrogens is 422 g/mol. The van der Waals surface area contributed by atoms with Crippen LogP contribution in [-0.4, -0.2) is 38.6 Å². The molecule has 1 saturated heterocycles. The number of amides is 2. The number of imide groups is 1. The van der Waals surface area contributed by atoms with Gasteiger partial charge in [0.15, 0.2) is 17.3 Å². The highest BCUT2D eigenvalue weighted by Crippen LogP contribution is 2.34. The summed E-state index contributed by atoms with van der Waals surface area (Å²) in [5.74, 6) is -1.53. The predicted octanol–water partition coefficient (Wildman–Crippen LogP) is 3.78. The zero-order valence-electron chi connectivity index (χ0n) is 13.2. The van der Waals surface area contributed by atoms with E-state index in [4.69, 9.17) is 0 Å². The van der Waals surface area contributed by atoms with Gasteiger partial charge in [-0.25, -0.2) is 0 Å². The smallest absolute Gasteiger partial charge is 0.293 e. The van der Waals surface area contributed by atoms with Crippen LogP contribution in [0.25, 0.3) is 6.08 Å². The van der Waals surface area contributed by atoms with Crippen molar-refractivity contribution in [3.63, 3.8) is 0 Å². The number of hydrogen-bond acceptors (Lipinski definition) is 6. The van der Waals surface area contributed by atoms with Crippen molar-refractivity contribution >= 4 is 50.7 Å². The summed E-state index contributed by atoms with van der Waals surface area (Å²) < 4.78 is 0.820. The van der Waals surface area contributed by atoms with E-state index in [-0.39, 0.29) is 28.7 Å². The number of halogens is 1. The molecule has 2 aromatic carbocycles. The lowest BCUT2D eigenvalue weighted by atomic mass is 10.1.